The Kier molecular flexibility index (Phi) is 5.29. The van der Waals surface area contributed by atoms with Crippen LogP contribution in [0.3, 0.4) is 0 Å². The summed E-state index contributed by atoms with van der Waals surface area (Å²) in [5, 5.41) is 9.06. The van der Waals surface area contributed by atoms with E-state index in [0.717, 1.165) is 25.2 Å². The largest absolute Gasteiger partial charge is 0.496 e. The van der Waals surface area contributed by atoms with Gasteiger partial charge in [-0.3, -0.25) is 4.79 Å². The van der Waals surface area contributed by atoms with Gasteiger partial charge < -0.3 is 18.9 Å². The van der Waals surface area contributed by atoms with Crippen molar-refractivity contribution < 1.29 is 14.3 Å². The van der Waals surface area contributed by atoms with E-state index in [0.29, 0.717) is 42.6 Å². The molecule has 7 nitrogen and oxygen atoms in total. The Hall–Kier alpha value is -2.12. The summed E-state index contributed by atoms with van der Waals surface area (Å²) in [4.78, 5) is 15.3. The summed E-state index contributed by atoms with van der Waals surface area (Å²) in [5.41, 5.74) is 0.453. The number of amides is 1. The molecule has 2 aromatic rings. The van der Waals surface area contributed by atoms with Crippen LogP contribution < -0.4 is 4.74 Å². The number of hydrogen-bond acceptors (Lipinski definition) is 5. The first-order chi connectivity index (χ1) is 13.6. The summed E-state index contributed by atoms with van der Waals surface area (Å²) in [6, 6.07) is 5.15. The van der Waals surface area contributed by atoms with Gasteiger partial charge in [0.15, 0.2) is 0 Å². The van der Waals surface area contributed by atoms with Crippen LogP contribution in [0.1, 0.15) is 41.9 Å². The smallest absolute Gasteiger partial charge is 0.257 e. The second-order valence-electron chi connectivity index (χ2n) is 7.53. The number of hydrogen-bond donors (Lipinski definition) is 0. The fourth-order valence-electron chi connectivity index (χ4n) is 4.56. The summed E-state index contributed by atoms with van der Waals surface area (Å²) in [5.74, 6) is 1.57. The minimum absolute atomic E-state index is 0.0420. The van der Waals surface area contributed by atoms with E-state index in [4.69, 9.17) is 21.1 Å². The summed E-state index contributed by atoms with van der Waals surface area (Å²) in [6.07, 6.45) is 3.59. The molecule has 1 amide bonds. The number of ether oxygens (including phenoxy) is 2. The van der Waals surface area contributed by atoms with Gasteiger partial charge in [0.05, 0.1) is 12.7 Å². The molecule has 150 valence electrons. The highest BCUT2D eigenvalue weighted by Crippen LogP contribution is 2.49. The Morgan fingerprint density at radius 1 is 1.39 bits per heavy atom. The zero-order valence-corrected chi connectivity index (χ0v) is 17.0. The molecule has 1 atom stereocenters. The Morgan fingerprint density at radius 3 is 2.89 bits per heavy atom. The zero-order valence-electron chi connectivity index (χ0n) is 16.2. The third-order valence-electron chi connectivity index (χ3n) is 6.11. The molecule has 1 aromatic carbocycles. The Labute approximate surface area is 169 Å². The maximum Gasteiger partial charge on any atom is 0.257 e. The van der Waals surface area contributed by atoms with E-state index in [2.05, 4.69) is 21.7 Å². The van der Waals surface area contributed by atoms with Crippen LogP contribution >= 0.6 is 11.6 Å². The number of carbonyl (C=O) groups is 1. The normalized spacial score (nSPS) is 21.2. The maximum absolute atomic E-state index is 13.4. The van der Waals surface area contributed by atoms with Crippen LogP contribution in [-0.2, 0) is 11.3 Å². The first kappa shape index (κ1) is 19.2. The fraction of sp³-hybridized carbons (Fsp3) is 0.550. The second-order valence-corrected chi connectivity index (χ2v) is 7.97. The molecule has 2 saturated heterocycles. The van der Waals surface area contributed by atoms with Gasteiger partial charge in [-0.2, -0.15) is 0 Å². The van der Waals surface area contributed by atoms with Crippen molar-refractivity contribution in [3.05, 3.63) is 40.9 Å². The van der Waals surface area contributed by atoms with Crippen LogP contribution in [0.15, 0.2) is 24.5 Å². The van der Waals surface area contributed by atoms with Crippen LogP contribution in [0.4, 0.5) is 0 Å². The minimum Gasteiger partial charge on any atom is -0.496 e. The van der Waals surface area contributed by atoms with E-state index < -0.39 is 0 Å². The predicted octanol–water partition coefficient (Wildman–Crippen LogP) is 3.00. The summed E-state index contributed by atoms with van der Waals surface area (Å²) < 4.78 is 13.1. The molecule has 0 radical (unpaired) electrons. The molecule has 2 fully saturated rings. The molecule has 1 spiro atoms. The Balaban J connectivity index is 1.69. The lowest BCUT2D eigenvalue weighted by Gasteiger charge is -2.37. The van der Waals surface area contributed by atoms with Gasteiger partial charge in [0.1, 0.15) is 17.9 Å². The zero-order chi connectivity index (χ0) is 19.7. The Morgan fingerprint density at radius 2 is 2.18 bits per heavy atom. The molecule has 2 aliphatic rings. The van der Waals surface area contributed by atoms with E-state index >= 15 is 0 Å². The molecule has 3 heterocycles. The second kappa shape index (κ2) is 7.72. The van der Waals surface area contributed by atoms with Crippen molar-refractivity contribution in [2.24, 2.45) is 5.41 Å². The van der Waals surface area contributed by atoms with E-state index in [9.17, 15) is 4.79 Å². The van der Waals surface area contributed by atoms with E-state index in [1.165, 1.54) is 0 Å². The summed E-state index contributed by atoms with van der Waals surface area (Å²) >= 11 is 6.15. The molecule has 0 N–H and O–H groups in total. The molecule has 1 unspecified atom stereocenters. The van der Waals surface area contributed by atoms with Gasteiger partial charge in [0.25, 0.3) is 5.91 Å². The average molecular weight is 405 g/mol. The molecule has 4 rings (SSSR count). The SMILES string of the molecule is CCn1cnnc1C1CN(C(=O)c2cc(Cl)ccc2OC)CC12CCOCC2. The number of halogens is 1. The van der Waals surface area contributed by atoms with Crippen LogP contribution in [0.2, 0.25) is 5.02 Å². The topological polar surface area (TPSA) is 69.5 Å². The lowest BCUT2D eigenvalue weighted by Crippen LogP contribution is -2.37. The number of benzene rings is 1. The van der Waals surface area contributed by atoms with Gasteiger partial charge in [0.2, 0.25) is 0 Å². The lowest BCUT2D eigenvalue weighted by atomic mass is 9.71. The summed E-state index contributed by atoms with van der Waals surface area (Å²) in [6.45, 7) is 5.58. The molecule has 0 aliphatic carbocycles. The molecule has 0 bridgehead atoms. The number of aryl methyl sites for hydroxylation is 1. The third-order valence-corrected chi connectivity index (χ3v) is 6.35. The van der Waals surface area contributed by atoms with Crippen molar-refractivity contribution in [1.29, 1.82) is 0 Å². The highest BCUT2D eigenvalue weighted by Gasteiger charge is 2.51. The highest BCUT2D eigenvalue weighted by molar-refractivity contribution is 6.31. The van der Waals surface area contributed by atoms with Crippen molar-refractivity contribution in [1.82, 2.24) is 19.7 Å². The summed E-state index contributed by atoms with van der Waals surface area (Å²) in [7, 11) is 1.57. The van der Waals surface area contributed by atoms with Gasteiger partial charge in [-0.05, 0) is 38.0 Å². The van der Waals surface area contributed by atoms with Crippen LogP contribution in [0, 0.1) is 5.41 Å². The van der Waals surface area contributed by atoms with Crippen molar-refractivity contribution in [3.63, 3.8) is 0 Å². The van der Waals surface area contributed by atoms with Crippen molar-refractivity contribution in [3.8, 4) is 5.75 Å². The van der Waals surface area contributed by atoms with Gasteiger partial charge in [-0.1, -0.05) is 11.6 Å². The number of rotatable bonds is 4. The maximum atomic E-state index is 13.4. The van der Waals surface area contributed by atoms with Gasteiger partial charge in [0, 0.05) is 49.2 Å². The first-order valence-corrected chi connectivity index (χ1v) is 10.0. The Bertz CT molecular complexity index is 863. The molecule has 28 heavy (non-hydrogen) atoms. The third kappa shape index (κ3) is 3.26. The standard InChI is InChI=1S/C20H25ClN4O3/c1-3-24-13-22-23-18(24)16-11-25(12-20(16)6-8-28-9-7-20)19(26)15-10-14(21)4-5-17(15)27-2/h4-5,10,13,16H,3,6-9,11-12H2,1-2H3. The van der Waals surface area contributed by atoms with E-state index in [1.54, 1.807) is 31.6 Å². The molecule has 1 aromatic heterocycles. The average Bonchev–Trinajstić information content (AvgIpc) is 3.32. The van der Waals surface area contributed by atoms with E-state index in [-0.39, 0.29) is 17.2 Å². The van der Waals surface area contributed by atoms with Crippen LogP contribution in [0.25, 0.3) is 0 Å². The fourth-order valence-corrected chi connectivity index (χ4v) is 4.73. The molecular formula is C20H25ClN4O3. The lowest BCUT2D eigenvalue weighted by molar-refractivity contribution is 0.0107. The van der Waals surface area contributed by atoms with Crippen molar-refractivity contribution in [2.75, 3.05) is 33.4 Å². The van der Waals surface area contributed by atoms with Crippen LogP contribution in [-0.4, -0.2) is 59.0 Å². The van der Waals surface area contributed by atoms with Crippen molar-refractivity contribution in [2.45, 2.75) is 32.2 Å². The number of nitrogens with zero attached hydrogens (tertiary/aromatic N) is 4. The number of aromatic nitrogens is 3. The quantitative estimate of drug-likeness (QED) is 0.783. The van der Waals surface area contributed by atoms with Crippen LogP contribution in [0.5, 0.6) is 5.75 Å². The van der Waals surface area contributed by atoms with E-state index in [1.807, 2.05) is 4.90 Å². The number of likely N-dealkylation sites (tertiary alicyclic amines) is 1. The number of carbonyl (C=O) groups excluding carboxylic acids is 1. The molecule has 2 aliphatic heterocycles. The predicted molar refractivity (Wildman–Crippen MR) is 105 cm³/mol. The molecular weight excluding hydrogens is 380 g/mol. The van der Waals surface area contributed by atoms with Gasteiger partial charge in [-0.25, -0.2) is 0 Å². The monoisotopic (exact) mass is 404 g/mol. The molecule has 8 heteroatoms. The first-order valence-electron chi connectivity index (χ1n) is 9.66. The highest BCUT2D eigenvalue weighted by atomic mass is 35.5. The van der Waals surface area contributed by atoms with Crippen molar-refractivity contribution >= 4 is 17.5 Å². The number of methoxy groups -OCH3 is 1. The van der Waals surface area contributed by atoms with Gasteiger partial charge >= 0.3 is 0 Å². The molecule has 0 saturated carbocycles. The minimum atomic E-state index is -0.0599. The van der Waals surface area contributed by atoms with Gasteiger partial charge in [-0.15, -0.1) is 10.2 Å².